The van der Waals surface area contributed by atoms with Crippen molar-refractivity contribution >= 4 is 17.6 Å². The third kappa shape index (κ3) is 5.36. The van der Waals surface area contributed by atoms with Crippen molar-refractivity contribution in [1.29, 1.82) is 0 Å². The topological polar surface area (TPSA) is 73.2 Å². The number of hydrogen-bond acceptors (Lipinski definition) is 4. The molecule has 0 aliphatic heterocycles. The molecule has 0 bridgehead atoms. The SMILES string of the molecule is CCC[C@@H](C)C(=O)Nc1cccc(-c2cc(C(=O)OCC)nn2-c2ccc(F)cc2)c1. The van der Waals surface area contributed by atoms with Crippen molar-refractivity contribution in [3.8, 4) is 16.9 Å². The minimum atomic E-state index is -0.539. The van der Waals surface area contributed by atoms with Gasteiger partial charge in [-0.15, -0.1) is 0 Å². The van der Waals surface area contributed by atoms with Crippen LogP contribution in [0.2, 0.25) is 0 Å². The first kappa shape index (κ1) is 22.2. The second kappa shape index (κ2) is 10.0. The van der Waals surface area contributed by atoms with Crippen molar-refractivity contribution in [1.82, 2.24) is 9.78 Å². The van der Waals surface area contributed by atoms with Gasteiger partial charge in [-0.2, -0.15) is 5.10 Å². The number of carbonyl (C=O) groups excluding carboxylic acids is 2. The molecular weight excluding hydrogens is 397 g/mol. The summed E-state index contributed by atoms with van der Waals surface area (Å²) in [5.74, 6) is -1.04. The summed E-state index contributed by atoms with van der Waals surface area (Å²) in [4.78, 5) is 24.7. The van der Waals surface area contributed by atoms with Gasteiger partial charge in [-0.3, -0.25) is 4.79 Å². The predicted molar refractivity (Wildman–Crippen MR) is 118 cm³/mol. The van der Waals surface area contributed by atoms with E-state index >= 15 is 0 Å². The molecule has 1 amide bonds. The van der Waals surface area contributed by atoms with Gasteiger partial charge in [0, 0.05) is 17.2 Å². The number of nitrogens with one attached hydrogen (secondary N) is 1. The fourth-order valence-corrected chi connectivity index (χ4v) is 3.26. The zero-order chi connectivity index (χ0) is 22.4. The Balaban J connectivity index is 2.00. The van der Waals surface area contributed by atoms with Crippen molar-refractivity contribution < 1.29 is 18.7 Å². The van der Waals surface area contributed by atoms with Gasteiger partial charge in [-0.25, -0.2) is 13.9 Å². The molecule has 162 valence electrons. The normalized spacial score (nSPS) is 11.7. The van der Waals surface area contributed by atoms with Crippen molar-refractivity contribution in [2.24, 2.45) is 5.92 Å². The molecule has 0 saturated heterocycles. The Morgan fingerprint density at radius 2 is 1.87 bits per heavy atom. The maximum atomic E-state index is 13.4. The van der Waals surface area contributed by atoms with Crippen molar-refractivity contribution in [2.45, 2.75) is 33.6 Å². The van der Waals surface area contributed by atoms with E-state index in [9.17, 15) is 14.0 Å². The Labute approximate surface area is 181 Å². The monoisotopic (exact) mass is 423 g/mol. The zero-order valence-corrected chi connectivity index (χ0v) is 17.9. The van der Waals surface area contributed by atoms with Gasteiger partial charge in [0.2, 0.25) is 5.91 Å². The van der Waals surface area contributed by atoms with E-state index in [4.69, 9.17) is 4.74 Å². The molecule has 0 aliphatic carbocycles. The highest BCUT2D eigenvalue weighted by atomic mass is 19.1. The number of hydrogen-bond donors (Lipinski definition) is 1. The second-order valence-electron chi connectivity index (χ2n) is 7.28. The van der Waals surface area contributed by atoms with Gasteiger partial charge < -0.3 is 10.1 Å². The highest BCUT2D eigenvalue weighted by Gasteiger charge is 2.18. The number of esters is 1. The number of aromatic nitrogens is 2. The number of rotatable bonds is 8. The summed E-state index contributed by atoms with van der Waals surface area (Å²) in [6.45, 7) is 5.90. The minimum Gasteiger partial charge on any atom is -0.461 e. The summed E-state index contributed by atoms with van der Waals surface area (Å²) in [7, 11) is 0. The predicted octanol–water partition coefficient (Wildman–Crippen LogP) is 5.23. The summed E-state index contributed by atoms with van der Waals surface area (Å²) >= 11 is 0. The molecule has 3 aromatic rings. The minimum absolute atomic E-state index is 0.0433. The molecule has 1 aromatic heterocycles. The quantitative estimate of drug-likeness (QED) is 0.504. The number of halogens is 1. The summed E-state index contributed by atoms with van der Waals surface area (Å²) in [5.41, 5.74) is 2.75. The van der Waals surface area contributed by atoms with E-state index in [1.807, 2.05) is 38.1 Å². The molecule has 2 aromatic carbocycles. The third-order valence-electron chi connectivity index (χ3n) is 4.86. The highest BCUT2D eigenvalue weighted by molar-refractivity contribution is 5.93. The molecule has 3 rings (SSSR count). The van der Waals surface area contributed by atoms with Crippen LogP contribution in [0, 0.1) is 11.7 Å². The van der Waals surface area contributed by atoms with Crippen LogP contribution in [0.3, 0.4) is 0 Å². The Morgan fingerprint density at radius 3 is 2.55 bits per heavy atom. The standard InChI is InChI=1S/C24H26FN3O3/c1-4-7-16(3)23(29)26-19-9-6-8-17(14-19)22-15-21(24(30)31-5-2)27-28(22)20-12-10-18(25)11-13-20/h6,8-16H,4-5,7H2,1-3H3,(H,26,29)/t16-/m1/s1. The van der Waals surface area contributed by atoms with Crippen molar-refractivity contribution in [2.75, 3.05) is 11.9 Å². The molecular formula is C24H26FN3O3. The first-order chi connectivity index (χ1) is 14.9. The van der Waals surface area contributed by atoms with Gasteiger partial charge in [0.05, 0.1) is 18.0 Å². The number of carbonyl (C=O) groups is 2. The van der Waals surface area contributed by atoms with Crippen molar-refractivity contribution in [3.05, 3.63) is 66.1 Å². The first-order valence-electron chi connectivity index (χ1n) is 10.4. The number of nitrogens with zero attached hydrogens (tertiary/aromatic N) is 2. The molecule has 6 nitrogen and oxygen atoms in total. The van der Waals surface area contributed by atoms with Gasteiger partial charge >= 0.3 is 5.97 Å². The van der Waals surface area contributed by atoms with Crippen LogP contribution < -0.4 is 5.32 Å². The van der Waals surface area contributed by atoms with Crippen LogP contribution in [0.15, 0.2) is 54.6 Å². The molecule has 0 fully saturated rings. The van der Waals surface area contributed by atoms with Crippen LogP contribution in [0.1, 0.15) is 44.1 Å². The van der Waals surface area contributed by atoms with E-state index < -0.39 is 5.97 Å². The molecule has 0 saturated carbocycles. The van der Waals surface area contributed by atoms with Gasteiger partial charge in [0.25, 0.3) is 0 Å². The van der Waals surface area contributed by atoms with Crippen LogP contribution in [-0.4, -0.2) is 28.3 Å². The maximum absolute atomic E-state index is 13.4. The van der Waals surface area contributed by atoms with Gasteiger partial charge in [-0.1, -0.05) is 32.4 Å². The molecule has 0 radical (unpaired) electrons. The van der Waals surface area contributed by atoms with E-state index in [2.05, 4.69) is 10.4 Å². The fraction of sp³-hybridized carbons (Fsp3) is 0.292. The lowest BCUT2D eigenvalue weighted by molar-refractivity contribution is -0.119. The lowest BCUT2D eigenvalue weighted by atomic mass is 10.0. The van der Waals surface area contributed by atoms with E-state index in [1.54, 1.807) is 29.8 Å². The molecule has 1 heterocycles. The average molecular weight is 423 g/mol. The molecule has 1 atom stereocenters. The van der Waals surface area contributed by atoms with Gasteiger partial charge in [0.15, 0.2) is 5.69 Å². The van der Waals surface area contributed by atoms with E-state index in [-0.39, 0.29) is 29.9 Å². The van der Waals surface area contributed by atoms with Gasteiger partial charge in [-0.05, 0) is 55.8 Å². The molecule has 0 aliphatic rings. The Kier molecular flexibility index (Phi) is 7.18. The van der Waals surface area contributed by atoms with E-state index in [1.165, 1.54) is 12.1 Å². The number of ether oxygens (including phenoxy) is 1. The van der Waals surface area contributed by atoms with Crippen molar-refractivity contribution in [3.63, 3.8) is 0 Å². The average Bonchev–Trinajstić information content (AvgIpc) is 3.20. The molecule has 1 N–H and O–H groups in total. The first-order valence-corrected chi connectivity index (χ1v) is 10.4. The van der Waals surface area contributed by atoms with Crippen LogP contribution in [0.25, 0.3) is 16.9 Å². The highest BCUT2D eigenvalue weighted by Crippen LogP contribution is 2.27. The third-order valence-corrected chi connectivity index (χ3v) is 4.86. The Hall–Kier alpha value is -3.48. The van der Waals surface area contributed by atoms with Crippen LogP contribution in [-0.2, 0) is 9.53 Å². The molecule has 7 heteroatoms. The summed E-state index contributed by atoms with van der Waals surface area (Å²) in [6.07, 6.45) is 1.74. The Bertz CT molecular complexity index is 1060. The second-order valence-corrected chi connectivity index (χ2v) is 7.28. The fourth-order valence-electron chi connectivity index (χ4n) is 3.26. The summed E-state index contributed by atoms with van der Waals surface area (Å²) < 4.78 is 20.1. The molecule has 31 heavy (non-hydrogen) atoms. The lowest BCUT2D eigenvalue weighted by Crippen LogP contribution is -2.20. The number of amides is 1. The number of anilines is 1. The summed E-state index contributed by atoms with van der Waals surface area (Å²) in [5, 5.41) is 7.32. The lowest BCUT2D eigenvalue weighted by Gasteiger charge is -2.13. The smallest absolute Gasteiger partial charge is 0.358 e. The molecule has 0 unspecified atom stereocenters. The summed E-state index contributed by atoms with van der Waals surface area (Å²) in [6, 6.07) is 14.8. The maximum Gasteiger partial charge on any atom is 0.358 e. The van der Waals surface area contributed by atoms with Crippen LogP contribution >= 0.6 is 0 Å². The van der Waals surface area contributed by atoms with E-state index in [0.717, 1.165) is 18.4 Å². The number of benzene rings is 2. The van der Waals surface area contributed by atoms with E-state index in [0.29, 0.717) is 17.1 Å². The molecule has 0 spiro atoms. The van der Waals surface area contributed by atoms with Crippen LogP contribution in [0.4, 0.5) is 10.1 Å². The Morgan fingerprint density at radius 1 is 1.13 bits per heavy atom. The van der Waals surface area contributed by atoms with Gasteiger partial charge in [0.1, 0.15) is 5.82 Å². The largest absolute Gasteiger partial charge is 0.461 e. The van der Waals surface area contributed by atoms with Crippen LogP contribution in [0.5, 0.6) is 0 Å². The zero-order valence-electron chi connectivity index (χ0n) is 17.9.